The van der Waals surface area contributed by atoms with Crippen molar-refractivity contribution in [3.05, 3.63) is 0 Å². The molecule has 2 N–H and O–H groups in total. The number of hydrogen-bond donors (Lipinski definition) is 2. The van der Waals surface area contributed by atoms with Crippen LogP contribution in [0.1, 0.15) is 79.1 Å². The molecule has 0 amide bonds. The second-order valence-electron chi connectivity index (χ2n) is 10.7. The molecule has 4 aliphatic carbocycles. The number of Topliss-reactive ketones (excluding diaryl/α,β-unsaturated/α-hetero) is 1. The van der Waals surface area contributed by atoms with Gasteiger partial charge in [-0.3, -0.25) is 9.59 Å². The van der Waals surface area contributed by atoms with E-state index >= 15 is 0 Å². The van der Waals surface area contributed by atoms with Gasteiger partial charge < -0.3 is 14.9 Å². The lowest BCUT2D eigenvalue weighted by Crippen LogP contribution is -2.60. The predicted molar refractivity (Wildman–Crippen MR) is 104 cm³/mol. The maximum absolute atomic E-state index is 12.4. The van der Waals surface area contributed by atoms with Crippen LogP contribution in [0.2, 0.25) is 0 Å². The summed E-state index contributed by atoms with van der Waals surface area (Å²) in [6.45, 7) is 7.38. The van der Waals surface area contributed by atoms with Crippen molar-refractivity contribution >= 4 is 11.8 Å². The monoisotopic (exact) mass is 392 g/mol. The lowest BCUT2D eigenvalue weighted by molar-refractivity contribution is -0.183. The molecule has 4 fully saturated rings. The summed E-state index contributed by atoms with van der Waals surface area (Å²) in [5.41, 5.74) is -1.91. The zero-order valence-electron chi connectivity index (χ0n) is 17.7. The predicted octanol–water partition coefficient (Wildman–Crippen LogP) is 3.25. The molecule has 158 valence electrons. The van der Waals surface area contributed by atoms with Crippen molar-refractivity contribution in [3.63, 3.8) is 0 Å². The molecule has 0 aromatic rings. The molecular weight excluding hydrogens is 356 g/mol. The molecular formula is C23H36O5. The number of ketones is 1. The molecule has 5 nitrogen and oxygen atoms in total. The zero-order chi connectivity index (χ0) is 20.5. The van der Waals surface area contributed by atoms with Gasteiger partial charge in [0, 0.05) is 12.3 Å². The number of carbonyl (C=O) groups excluding carboxylic acids is 2. The van der Waals surface area contributed by atoms with Crippen LogP contribution >= 0.6 is 0 Å². The van der Waals surface area contributed by atoms with Crippen molar-refractivity contribution in [2.24, 2.45) is 34.5 Å². The number of hydrogen-bond acceptors (Lipinski definition) is 5. The molecule has 0 radical (unpaired) electrons. The van der Waals surface area contributed by atoms with Crippen LogP contribution in [-0.2, 0) is 14.3 Å². The molecule has 4 saturated carbocycles. The van der Waals surface area contributed by atoms with E-state index in [-0.39, 0.29) is 29.2 Å². The lowest BCUT2D eigenvalue weighted by atomic mass is 9.44. The number of aliphatic hydroxyl groups is 2. The molecule has 0 aromatic heterocycles. The summed E-state index contributed by atoms with van der Waals surface area (Å²) in [4.78, 5) is 23.8. The van der Waals surface area contributed by atoms with Crippen LogP contribution < -0.4 is 0 Å². The number of fused-ring (bicyclic) bond motifs is 5. The number of rotatable bonds is 2. The third-order valence-corrected chi connectivity index (χ3v) is 9.71. The van der Waals surface area contributed by atoms with Crippen LogP contribution in [0, 0.1) is 34.5 Å². The first-order valence-corrected chi connectivity index (χ1v) is 11.1. The van der Waals surface area contributed by atoms with E-state index in [2.05, 4.69) is 6.92 Å². The second-order valence-corrected chi connectivity index (χ2v) is 10.7. The van der Waals surface area contributed by atoms with Gasteiger partial charge in [-0.15, -0.1) is 0 Å². The Labute approximate surface area is 168 Å². The summed E-state index contributed by atoms with van der Waals surface area (Å²) in [5.74, 6) is 1.30. The van der Waals surface area contributed by atoms with Crippen LogP contribution in [0.4, 0.5) is 0 Å². The topological polar surface area (TPSA) is 83.8 Å². The van der Waals surface area contributed by atoms with Crippen molar-refractivity contribution in [3.8, 4) is 0 Å². The van der Waals surface area contributed by atoms with Crippen LogP contribution in [-0.4, -0.2) is 39.8 Å². The zero-order valence-corrected chi connectivity index (χ0v) is 17.7. The molecule has 28 heavy (non-hydrogen) atoms. The van der Waals surface area contributed by atoms with Gasteiger partial charge in [-0.05, 0) is 87.4 Å². The average Bonchev–Trinajstić information content (AvgIpc) is 2.83. The smallest absolute Gasteiger partial charge is 0.302 e. The van der Waals surface area contributed by atoms with Gasteiger partial charge in [0.15, 0.2) is 11.4 Å². The van der Waals surface area contributed by atoms with Crippen molar-refractivity contribution in [1.82, 2.24) is 0 Å². The normalized spacial score (nSPS) is 52.9. The molecule has 4 aliphatic rings. The maximum Gasteiger partial charge on any atom is 0.302 e. The molecule has 0 aliphatic heterocycles. The maximum atomic E-state index is 12.4. The Morgan fingerprint density at radius 2 is 1.68 bits per heavy atom. The summed E-state index contributed by atoms with van der Waals surface area (Å²) in [6.07, 6.45) is 6.58. The van der Waals surface area contributed by atoms with E-state index in [1.54, 1.807) is 0 Å². The van der Waals surface area contributed by atoms with Crippen molar-refractivity contribution < 1.29 is 24.5 Å². The van der Waals surface area contributed by atoms with Crippen molar-refractivity contribution in [1.29, 1.82) is 0 Å². The van der Waals surface area contributed by atoms with E-state index in [0.717, 1.165) is 44.9 Å². The average molecular weight is 393 g/mol. The highest BCUT2D eigenvalue weighted by Gasteiger charge is 2.69. The number of ether oxygens (including phenoxy) is 1. The SMILES string of the molecule is CC(=O)O[C@H]1CC[C@@]2(C)[C@@H](CC[C@@H]3[C@@H]2CC[C@@]2(C)[C@H]3C[C@H](O)[C@@]2(O)C(C)=O)C1. The Morgan fingerprint density at radius 3 is 2.32 bits per heavy atom. The molecule has 4 rings (SSSR count). The molecule has 0 heterocycles. The van der Waals surface area contributed by atoms with Crippen LogP contribution in [0.15, 0.2) is 0 Å². The van der Waals surface area contributed by atoms with Gasteiger partial charge in [-0.25, -0.2) is 0 Å². The number of aliphatic hydroxyl groups excluding tert-OH is 1. The fourth-order valence-corrected chi connectivity index (χ4v) is 8.22. The van der Waals surface area contributed by atoms with Gasteiger partial charge in [0.05, 0.1) is 6.10 Å². The number of carbonyl (C=O) groups is 2. The Hall–Kier alpha value is -0.940. The highest BCUT2D eigenvalue weighted by molar-refractivity contribution is 5.87. The van der Waals surface area contributed by atoms with Gasteiger partial charge in [0.25, 0.3) is 0 Å². The fraction of sp³-hybridized carbons (Fsp3) is 0.913. The van der Waals surface area contributed by atoms with Crippen LogP contribution in [0.5, 0.6) is 0 Å². The second kappa shape index (κ2) is 6.53. The van der Waals surface area contributed by atoms with Crippen LogP contribution in [0.3, 0.4) is 0 Å². The highest BCUT2D eigenvalue weighted by Crippen LogP contribution is 2.68. The quantitative estimate of drug-likeness (QED) is 0.705. The van der Waals surface area contributed by atoms with Crippen molar-refractivity contribution in [2.45, 2.75) is 96.9 Å². The largest absolute Gasteiger partial charge is 0.463 e. The van der Waals surface area contributed by atoms with E-state index in [1.165, 1.54) is 13.8 Å². The van der Waals surface area contributed by atoms with Gasteiger partial charge in [-0.2, -0.15) is 0 Å². The summed E-state index contributed by atoms with van der Waals surface area (Å²) in [5, 5.41) is 21.9. The van der Waals surface area contributed by atoms with Gasteiger partial charge >= 0.3 is 5.97 Å². The first-order valence-electron chi connectivity index (χ1n) is 11.1. The summed E-state index contributed by atoms with van der Waals surface area (Å²) < 4.78 is 5.53. The Kier molecular flexibility index (Phi) is 4.74. The standard InChI is InChI=1S/C23H36O5/c1-13(24)23(27)20(26)12-19-17-6-5-15-11-16(28-14(2)25)7-9-21(15,3)18(17)8-10-22(19,23)4/h15-20,26-27H,5-12H2,1-4H3/t15-,16-,17+,18-,19-,20-,21-,22-,23-/m0/s1. The van der Waals surface area contributed by atoms with Gasteiger partial charge in [0.1, 0.15) is 6.10 Å². The third kappa shape index (κ3) is 2.57. The first-order chi connectivity index (χ1) is 13.0. The molecule has 9 atom stereocenters. The Balaban J connectivity index is 1.59. The van der Waals surface area contributed by atoms with Gasteiger partial charge in [0.2, 0.25) is 0 Å². The van der Waals surface area contributed by atoms with E-state index in [9.17, 15) is 19.8 Å². The van der Waals surface area contributed by atoms with E-state index in [0.29, 0.717) is 24.2 Å². The molecule has 0 aromatic carbocycles. The highest BCUT2D eigenvalue weighted by atomic mass is 16.5. The van der Waals surface area contributed by atoms with Gasteiger partial charge in [-0.1, -0.05) is 13.8 Å². The Bertz CT molecular complexity index is 676. The van der Waals surface area contributed by atoms with Crippen molar-refractivity contribution in [2.75, 3.05) is 0 Å². The minimum Gasteiger partial charge on any atom is -0.463 e. The summed E-state index contributed by atoms with van der Waals surface area (Å²) in [7, 11) is 0. The molecule has 0 unspecified atom stereocenters. The minimum absolute atomic E-state index is 0.0529. The Morgan fingerprint density at radius 1 is 0.964 bits per heavy atom. The number of esters is 1. The molecule has 0 saturated heterocycles. The molecule has 5 heteroatoms. The third-order valence-electron chi connectivity index (χ3n) is 9.71. The fourth-order valence-electron chi connectivity index (χ4n) is 8.22. The lowest BCUT2D eigenvalue weighted by Gasteiger charge is -2.61. The van der Waals surface area contributed by atoms with Crippen LogP contribution in [0.25, 0.3) is 0 Å². The van der Waals surface area contributed by atoms with E-state index in [4.69, 9.17) is 4.74 Å². The molecule has 0 spiro atoms. The molecule has 0 bridgehead atoms. The van der Waals surface area contributed by atoms with E-state index in [1.807, 2.05) is 6.92 Å². The minimum atomic E-state index is -1.60. The first kappa shape index (κ1) is 20.3. The summed E-state index contributed by atoms with van der Waals surface area (Å²) in [6, 6.07) is 0. The van der Waals surface area contributed by atoms with E-state index < -0.39 is 17.1 Å². The summed E-state index contributed by atoms with van der Waals surface area (Å²) >= 11 is 0.